The summed E-state index contributed by atoms with van der Waals surface area (Å²) in [4.78, 5) is 4.74. The molecule has 1 atom stereocenters. The van der Waals surface area contributed by atoms with Crippen molar-refractivity contribution < 1.29 is 14.2 Å². The highest BCUT2D eigenvalue weighted by atomic mass is 16.5. The summed E-state index contributed by atoms with van der Waals surface area (Å²) in [7, 11) is 7.01. The summed E-state index contributed by atoms with van der Waals surface area (Å²) in [6, 6.07) is 3.85. The number of benzene rings is 1. The highest BCUT2D eigenvalue weighted by Crippen LogP contribution is 2.42. The number of hydrogen-bond acceptors (Lipinski definition) is 8. The van der Waals surface area contributed by atoms with E-state index in [1.165, 1.54) is 0 Å². The van der Waals surface area contributed by atoms with Crippen molar-refractivity contribution in [1.82, 2.24) is 30.0 Å². The van der Waals surface area contributed by atoms with Gasteiger partial charge in [-0.3, -0.25) is 4.90 Å². The first-order valence-corrected chi connectivity index (χ1v) is 9.81. The Balaban J connectivity index is 2.15. The van der Waals surface area contributed by atoms with Gasteiger partial charge in [0.1, 0.15) is 0 Å². The maximum atomic E-state index is 5.60. The van der Waals surface area contributed by atoms with Gasteiger partial charge in [0.2, 0.25) is 5.75 Å². The molecular formula is C20H32N6O3. The van der Waals surface area contributed by atoms with Crippen LogP contribution in [0.2, 0.25) is 0 Å². The van der Waals surface area contributed by atoms with Crippen molar-refractivity contribution in [3.63, 3.8) is 0 Å². The molecule has 9 nitrogen and oxygen atoms in total. The van der Waals surface area contributed by atoms with E-state index in [0.717, 1.165) is 37.6 Å². The molecule has 2 aromatic rings. The van der Waals surface area contributed by atoms with Crippen molar-refractivity contribution in [1.29, 1.82) is 0 Å². The van der Waals surface area contributed by atoms with Crippen LogP contribution in [-0.2, 0) is 5.54 Å². The molecule has 0 aliphatic carbocycles. The Kier molecular flexibility index (Phi) is 6.28. The summed E-state index contributed by atoms with van der Waals surface area (Å²) < 4.78 is 18.6. The lowest BCUT2D eigenvalue weighted by Gasteiger charge is -2.38. The zero-order chi connectivity index (χ0) is 21.2. The van der Waals surface area contributed by atoms with Crippen LogP contribution >= 0.6 is 0 Å². The number of ether oxygens (including phenoxy) is 3. The van der Waals surface area contributed by atoms with Crippen molar-refractivity contribution in [2.24, 2.45) is 0 Å². The monoisotopic (exact) mass is 404 g/mol. The van der Waals surface area contributed by atoms with Gasteiger partial charge in [0.25, 0.3) is 0 Å². The molecule has 2 heterocycles. The Bertz CT molecular complexity index is 799. The summed E-state index contributed by atoms with van der Waals surface area (Å²) in [5, 5.41) is 12.7. The van der Waals surface area contributed by atoms with E-state index in [0.29, 0.717) is 17.2 Å². The van der Waals surface area contributed by atoms with Crippen molar-refractivity contribution in [2.75, 3.05) is 54.6 Å². The molecule has 0 spiro atoms. The minimum absolute atomic E-state index is 0.133. The van der Waals surface area contributed by atoms with Crippen molar-refractivity contribution in [3.05, 3.63) is 23.5 Å². The van der Waals surface area contributed by atoms with Gasteiger partial charge in [0, 0.05) is 26.2 Å². The first-order valence-electron chi connectivity index (χ1n) is 9.81. The third-order valence-corrected chi connectivity index (χ3v) is 5.28. The highest BCUT2D eigenvalue weighted by molar-refractivity contribution is 5.55. The largest absolute Gasteiger partial charge is 0.493 e. The maximum absolute atomic E-state index is 5.60. The first kappa shape index (κ1) is 21.3. The molecule has 0 bridgehead atoms. The second kappa shape index (κ2) is 8.54. The Labute approximate surface area is 172 Å². The molecule has 160 valence electrons. The molecule has 9 heteroatoms. The summed E-state index contributed by atoms with van der Waals surface area (Å²) in [6.07, 6.45) is 0. The van der Waals surface area contributed by atoms with Gasteiger partial charge in [0.15, 0.2) is 17.3 Å². The van der Waals surface area contributed by atoms with Crippen molar-refractivity contribution in [2.45, 2.75) is 32.4 Å². The first-order chi connectivity index (χ1) is 13.8. The van der Waals surface area contributed by atoms with Crippen LogP contribution in [0.4, 0.5) is 0 Å². The standard InChI is InChI=1S/C20H32N6O3/c1-20(2,3)26-19(21-22-23-26)17(25-10-8-24(4)9-11-25)14-12-15(27-5)18(29-7)16(13-14)28-6/h12-13,17H,8-11H2,1-7H3/t17-/m1/s1. The zero-order valence-corrected chi connectivity index (χ0v) is 18.5. The summed E-state index contributed by atoms with van der Waals surface area (Å²) in [6.45, 7) is 10.1. The number of tetrazole rings is 1. The van der Waals surface area contributed by atoms with E-state index in [1.807, 2.05) is 16.8 Å². The molecular weight excluding hydrogens is 372 g/mol. The van der Waals surface area contributed by atoms with Crippen LogP contribution in [0.25, 0.3) is 0 Å². The number of nitrogens with zero attached hydrogens (tertiary/aromatic N) is 6. The topological polar surface area (TPSA) is 77.8 Å². The van der Waals surface area contributed by atoms with Gasteiger partial charge in [-0.25, -0.2) is 4.68 Å². The van der Waals surface area contributed by atoms with E-state index < -0.39 is 0 Å². The van der Waals surface area contributed by atoms with E-state index in [1.54, 1.807) is 21.3 Å². The molecule has 1 saturated heterocycles. The van der Waals surface area contributed by atoms with Crippen molar-refractivity contribution in [3.8, 4) is 17.2 Å². The molecule has 29 heavy (non-hydrogen) atoms. The number of hydrogen-bond donors (Lipinski definition) is 0. The number of methoxy groups -OCH3 is 3. The molecule has 0 amide bonds. The van der Waals surface area contributed by atoms with E-state index in [9.17, 15) is 0 Å². The number of rotatable bonds is 6. The molecule has 0 unspecified atom stereocenters. The lowest BCUT2D eigenvalue weighted by molar-refractivity contribution is 0.118. The Morgan fingerprint density at radius 2 is 1.52 bits per heavy atom. The van der Waals surface area contributed by atoms with Gasteiger partial charge < -0.3 is 19.1 Å². The van der Waals surface area contributed by atoms with Crippen LogP contribution in [0.5, 0.6) is 17.2 Å². The summed E-state index contributed by atoms with van der Waals surface area (Å²) in [5.74, 6) is 2.62. The number of likely N-dealkylation sites (N-methyl/N-ethyl adjacent to an activating group) is 1. The van der Waals surface area contributed by atoms with Gasteiger partial charge in [-0.1, -0.05) is 0 Å². The fourth-order valence-electron chi connectivity index (χ4n) is 3.70. The normalized spacial score (nSPS) is 17.2. The second-order valence-electron chi connectivity index (χ2n) is 8.32. The van der Waals surface area contributed by atoms with Gasteiger partial charge in [-0.15, -0.1) is 5.10 Å². The average Bonchev–Trinajstić information content (AvgIpc) is 3.18. The fraction of sp³-hybridized carbons (Fsp3) is 0.650. The quantitative estimate of drug-likeness (QED) is 0.721. The molecule has 1 fully saturated rings. The third-order valence-electron chi connectivity index (χ3n) is 5.28. The molecule has 0 N–H and O–H groups in total. The molecule has 0 radical (unpaired) electrons. The molecule has 1 aromatic carbocycles. The molecule has 1 aliphatic heterocycles. The average molecular weight is 405 g/mol. The molecule has 0 saturated carbocycles. The third kappa shape index (κ3) is 4.30. The lowest BCUT2D eigenvalue weighted by atomic mass is 10.0. The van der Waals surface area contributed by atoms with Crippen LogP contribution in [0.1, 0.15) is 38.2 Å². The predicted octanol–water partition coefficient (Wildman–Crippen LogP) is 1.79. The summed E-state index contributed by atoms with van der Waals surface area (Å²) >= 11 is 0. The Morgan fingerprint density at radius 3 is 2.00 bits per heavy atom. The minimum Gasteiger partial charge on any atom is -0.493 e. The van der Waals surface area contributed by atoms with Crippen molar-refractivity contribution >= 4 is 0 Å². The zero-order valence-electron chi connectivity index (χ0n) is 18.5. The number of aromatic nitrogens is 4. The molecule has 1 aliphatic rings. The fourth-order valence-corrected chi connectivity index (χ4v) is 3.70. The Morgan fingerprint density at radius 1 is 0.931 bits per heavy atom. The van der Waals surface area contributed by atoms with Gasteiger partial charge >= 0.3 is 0 Å². The molecule has 3 rings (SSSR count). The van der Waals surface area contributed by atoms with E-state index in [2.05, 4.69) is 53.1 Å². The highest BCUT2D eigenvalue weighted by Gasteiger charge is 2.34. The van der Waals surface area contributed by atoms with E-state index in [4.69, 9.17) is 14.2 Å². The van der Waals surface area contributed by atoms with E-state index in [-0.39, 0.29) is 11.6 Å². The van der Waals surface area contributed by atoms with Crippen LogP contribution in [-0.4, -0.2) is 84.6 Å². The second-order valence-corrected chi connectivity index (χ2v) is 8.32. The van der Waals surface area contributed by atoms with Gasteiger partial charge in [0.05, 0.1) is 32.9 Å². The van der Waals surface area contributed by atoms with E-state index >= 15 is 0 Å². The lowest BCUT2D eigenvalue weighted by Crippen LogP contribution is -2.47. The van der Waals surface area contributed by atoms with Crippen LogP contribution in [0.15, 0.2) is 12.1 Å². The van der Waals surface area contributed by atoms with Crippen LogP contribution < -0.4 is 14.2 Å². The number of piperazine rings is 1. The summed E-state index contributed by atoms with van der Waals surface area (Å²) in [5.41, 5.74) is 0.758. The van der Waals surface area contributed by atoms with Crippen LogP contribution in [0.3, 0.4) is 0 Å². The smallest absolute Gasteiger partial charge is 0.203 e. The minimum atomic E-state index is -0.246. The predicted molar refractivity (Wildman–Crippen MR) is 110 cm³/mol. The SMILES string of the molecule is COc1cc([C@H](c2nnnn2C(C)(C)C)N2CCN(C)CC2)cc(OC)c1OC. The van der Waals surface area contributed by atoms with Crippen LogP contribution in [0, 0.1) is 0 Å². The van der Waals surface area contributed by atoms with Gasteiger partial charge in [-0.05, 0) is 55.9 Å². The Hall–Kier alpha value is -2.39. The maximum Gasteiger partial charge on any atom is 0.203 e. The molecule has 1 aromatic heterocycles. The van der Waals surface area contributed by atoms with Gasteiger partial charge in [-0.2, -0.15) is 0 Å².